The monoisotopic (exact) mass is 352 g/mol. The van der Waals surface area contributed by atoms with Gasteiger partial charge in [-0.2, -0.15) is 0 Å². The molecule has 0 saturated carbocycles. The van der Waals surface area contributed by atoms with E-state index < -0.39 is 6.04 Å². The molecule has 1 amide bonds. The minimum absolute atomic E-state index is 0.0931. The van der Waals surface area contributed by atoms with Crippen molar-refractivity contribution in [3.8, 4) is 0 Å². The molecule has 1 aromatic heterocycles. The van der Waals surface area contributed by atoms with Gasteiger partial charge in [-0.25, -0.2) is 0 Å². The van der Waals surface area contributed by atoms with Gasteiger partial charge in [0.1, 0.15) is 0 Å². The first-order valence-electron chi connectivity index (χ1n) is 6.46. The molecule has 3 nitrogen and oxygen atoms in total. The summed E-state index contributed by atoms with van der Waals surface area (Å²) >= 11 is 5.11. The predicted molar refractivity (Wildman–Crippen MR) is 86.9 cm³/mol. The number of amides is 1. The fraction of sp³-hybridized carbons (Fsp3) is 0.267. The SMILES string of the molecule is N[C@H](Cc1ccccc1)C(=O)NCCc1ccc(Br)s1. The molecule has 2 aromatic rings. The van der Waals surface area contributed by atoms with Crippen molar-refractivity contribution in [3.63, 3.8) is 0 Å². The Morgan fingerprint density at radius 2 is 2.00 bits per heavy atom. The van der Waals surface area contributed by atoms with E-state index >= 15 is 0 Å². The molecular weight excluding hydrogens is 336 g/mol. The van der Waals surface area contributed by atoms with Crippen molar-refractivity contribution in [2.45, 2.75) is 18.9 Å². The molecule has 1 aromatic carbocycles. The Bertz CT molecular complexity index is 556. The Balaban J connectivity index is 1.74. The van der Waals surface area contributed by atoms with Crippen LogP contribution in [0.15, 0.2) is 46.3 Å². The third-order valence-electron chi connectivity index (χ3n) is 2.93. The van der Waals surface area contributed by atoms with E-state index in [0.717, 1.165) is 15.8 Å². The normalized spacial score (nSPS) is 12.1. The summed E-state index contributed by atoms with van der Waals surface area (Å²) in [6.07, 6.45) is 1.40. The second kappa shape index (κ2) is 7.57. The fourth-order valence-corrected chi connectivity index (χ4v) is 3.37. The van der Waals surface area contributed by atoms with Gasteiger partial charge in [0.2, 0.25) is 5.91 Å². The summed E-state index contributed by atoms with van der Waals surface area (Å²) in [7, 11) is 0. The van der Waals surface area contributed by atoms with Crippen LogP contribution in [0.2, 0.25) is 0 Å². The van der Waals surface area contributed by atoms with Gasteiger partial charge in [0.05, 0.1) is 9.83 Å². The van der Waals surface area contributed by atoms with E-state index in [0.29, 0.717) is 13.0 Å². The first kappa shape index (κ1) is 15.2. The molecule has 0 radical (unpaired) electrons. The lowest BCUT2D eigenvalue weighted by molar-refractivity contribution is -0.122. The van der Waals surface area contributed by atoms with Crippen molar-refractivity contribution in [1.82, 2.24) is 5.32 Å². The third kappa shape index (κ3) is 4.74. The lowest BCUT2D eigenvalue weighted by atomic mass is 10.1. The van der Waals surface area contributed by atoms with E-state index in [-0.39, 0.29) is 5.91 Å². The summed E-state index contributed by atoms with van der Waals surface area (Å²) < 4.78 is 1.11. The minimum Gasteiger partial charge on any atom is -0.354 e. The van der Waals surface area contributed by atoms with Crippen molar-refractivity contribution in [2.24, 2.45) is 5.73 Å². The first-order valence-corrected chi connectivity index (χ1v) is 8.07. The number of hydrogen-bond acceptors (Lipinski definition) is 3. The summed E-state index contributed by atoms with van der Waals surface area (Å²) in [6, 6.07) is 13.4. The van der Waals surface area contributed by atoms with Crippen LogP contribution in [0.3, 0.4) is 0 Å². The van der Waals surface area contributed by atoms with Crippen molar-refractivity contribution in [1.29, 1.82) is 0 Å². The second-order valence-corrected chi connectivity index (χ2v) is 7.09. The smallest absolute Gasteiger partial charge is 0.237 e. The number of hydrogen-bond donors (Lipinski definition) is 2. The van der Waals surface area contributed by atoms with Crippen molar-refractivity contribution < 1.29 is 4.79 Å². The van der Waals surface area contributed by atoms with Crippen LogP contribution in [0.4, 0.5) is 0 Å². The maximum Gasteiger partial charge on any atom is 0.237 e. The number of thiophene rings is 1. The van der Waals surface area contributed by atoms with Gasteiger partial charge in [0.15, 0.2) is 0 Å². The molecule has 0 saturated heterocycles. The highest BCUT2D eigenvalue weighted by Crippen LogP contribution is 2.22. The molecule has 20 heavy (non-hydrogen) atoms. The average Bonchev–Trinajstić information content (AvgIpc) is 2.85. The number of rotatable bonds is 6. The Hall–Kier alpha value is -1.17. The number of benzene rings is 1. The van der Waals surface area contributed by atoms with Crippen LogP contribution in [-0.4, -0.2) is 18.5 Å². The largest absolute Gasteiger partial charge is 0.354 e. The summed E-state index contributed by atoms with van der Waals surface area (Å²) in [5.41, 5.74) is 7.00. The summed E-state index contributed by atoms with van der Waals surface area (Å²) in [5.74, 6) is -0.0931. The van der Waals surface area contributed by atoms with E-state index in [9.17, 15) is 4.79 Å². The Morgan fingerprint density at radius 3 is 2.65 bits per heavy atom. The van der Waals surface area contributed by atoms with Crippen LogP contribution in [0, 0.1) is 0 Å². The van der Waals surface area contributed by atoms with Crippen LogP contribution in [0.25, 0.3) is 0 Å². The molecule has 0 bridgehead atoms. The van der Waals surface area contributed by atoms with E-state index in [1.165, 1.54) is 4.88 Å². The molecule has 0 fully saturated rings. The van der Waals surface area contributed by atoms with Gasteiger partial charge < -0.3 is 11.1 Å². The number of nitrogens with two attached hydrogens (primary N) is 1. The number of carbonyl (C=O) groups excluding carboxylic acids is 1. The minimum atomic E-state index is -0.493. The third-order valence-corrected chi connectivity index (χ3v) is 4.62. The molecule has 1 atom stereocenters. The quantitative estimate of drug-likeness (QED) is 0.839. The zero-order valence-electron chi connectivity index (χ0n) is 11.0. The van der Waals surface area contributed by atoms with E-state index in [4.69, 9.17) is 5.73 Å². The van der Waals surface area contributed by atoms with E-state index in [1.54, 1.807) is 11.3 Å². The van der Waals surface area contributed by atoms with Crippen LogP contribution in [0.1, 0.15) is 10.4 Å². The van der Waals surface area contributed by atoms with Crippen LogP contribution in [-0.2, 0) is 17.6 Å². The second-order valence-electron chi connectivity index (χ2n) is 4.54. The first-order chi connectivity index (χ1) is 9.65. The lowest BCUT2D eigenvalue weighted by Gasteiger charge is -2.12. The number of halogens is 1. The van der Waals surface area contributed by atoms with Gasteiger partial charge in [0, 0.05) is 11.4 Å². The van der Waals surface area contributed by atoms with Crippen LogP contribution < -0.4 is 11.1 Å². The molecule has 1 heterocycles. The Morgan fingerprint density at radius 1 is 1.25 bits per heavy atom. The molecule has 0 aliphatic heterocycles. The zero-order valence-corrected chi connectivity index (χ0v) is 13.4. The zero-order chi connectivity index (χ0) is 14.4. The summed E-state index contributed by atoms with van der Waals surface area (Å²) in [5, 5.41) is 2.89. The summed E-state index contributed by atoms with van der Waals surface area (Å²) in [4.78, 5) is 13.1. The molecule has 0 unspecified atom stereocenters. The highest BCUT2D eigenvalue weighted by molar-refractivity contribution is 9.11. The summed E-state index contributed by atoms with van der Waals surface area (Å²) in [6.45, 7) is 0.619. The van der Waals surface area contributed by atoms with Gasteiger partial charge in [-0.3, -0.25) is 4.79 Å². The van der Waals surface area contributed by atoms with Crippen LogP contribution in [0.5, 0.6) is 0 Å². The van der Waals surface area contributed by atoms with Crippen LogP contribution >= 0.6 is 27.3 Å². The molecular formula is C15H17BrN2OS. The average molecular weight is 353 g/mol. The number of nitrogens with one attached hydrogen (secondary N) is 1. The standard InChI is InChI=1S/C15H17BrN2OS/c16-14-7-6-12(20-14)8-9-18-15(19)13(17)10-11-4-2-1-3-5-11/h1-7,13H,8-10,17H2,(H,18,19)/t13-/m1/s1. The number of carbonyl (C=O) groups is 1. The molecule has 0 spiro atoms. The molecule has 3 N–H and O–H groups in total. The van der Waals surface area contributed by atoms with Gasteiger partial charge >= 0.3 is 0 Å². The van der Waals surface area contributed by atoms with Gasteiger partial charge in [-0.1, -0.05) is 30.3 Å². The lowest BCUT2D eigenvalue weighted by Crippen LogP contribution is -2.42. The topological polar surface area (TPSA) is 55.1 Å². The maximum absolute atomic E-state index is 11.9. The van der Waals surface area contributed by atoms with E-state index in [2.05, 4.69) is 27.3 Å². The highest BCUT2D eigenvalue weighted by Gasteiger charge is 2.13. The Kier molecular flexibility index (Phi) is 5.76. The molecule has 106 valence electrons. The van der Waals surface area contributed by atoms with Gasteiger partial charge in [-0.15, -0.1) is 11.3 Å². The van der Waals surface area contributed by atoms with Crippen molar-refractivity contribution in [2.75, 3.05) is 6.54 Å². The predicted octanol–water partition coefficient (Wildman–Crippen LogP) is 2.74. The molecule has 5 heteroatoms. The molecule has 0 aliphatic carbocycles. The fourth-order valence-electron chi connectivity index (χ4n) is 1.89. The van der Waals surface area contributed by atoms with Gasteiger partial charge in [0.25, 0.3) is 0 Å². The van der Waals surface area contributed by atoms with Crippen molar-refractivity contribution in [3.05, 3.63) is 56.7 Å². The highest BCUT2D eigenvalue weighted by atomic mass is 79.9. The molecule has 2 rings (SSSR count). The maximum atomic E-state index is 11.9. The molecule has 0 aliphatic rings. The van der Waals surface area contributed by atoms with E-state index in [1.807, 2.05) is 36.4 Å². The van der Waals surface area contributed by atoms with Gasteiger partial charge in [-0.05, 0) is 46.5 Å². The van der Waals surface area contributed by atoms with Crippen molar-refractivity contribution >= 4 is 33.2 Å². The Labute approximate surface area is 131 Å².